The van der Waals surface area contributed by atoms with E-state index >= 15 is 0 Å². The first-order chi connectivity index (χ1) is 10.1. The molecule has 1 unspecified atom stereocenters. The van der Waals surface area contributed by atoms with Gasteiger partial charge in [0.15, 0.2) is 0 Å². The molecule has 2 heterocycles. The molecule has 116 valence electrons. The lowest BCUT2D eigenvalue weighted by atomic mass is 10.1. The second-order valence-corrected chi connectivity index (χ2v) is 5.50. The molecule has 0 aliphatic carbocycles. The van der Waals surface area contributed by atoms with Gasteiger partial charge in [-0.2, -0.15) is 0 Å². The van der Waals surface area contributed by atoms with E-state index in [9.17, 15) is 9.59 Å². The van der Waals surface area contributed by atoms with Crippen molar-refractivity contribution in [3.63, 3.8) is 0 Å². The van der Waals surface area contributed by atoms with Gasteiger partial charge in [-0.25, -0.2) is 4.79 Å². The number of aromatic amines is 1. The molecule has 1 saturated heterocycles. The predicted molar refractivity (Wildman–Crippen MR) is 80.4 cm³/mol. The van der Waals surface area contributed by atoms with Crippen LogP contribution in [0.15, 0.2) is 10.9 Å². The van der Waals surface area contributed by atoms with Gasteiger partial charge in [-0.05, 0) is 44.7 Å². The maximum Gasteiger partial charge on any atom is 0.315 e. The van der Waals surface area contributed by atoms with Crippen LogP contribution in [-0.4, -0.2) is 30.3 Å². The number of hydrogen-bond acceptors (Lipinski definition) is 3. The first kappa shape index (κ1) is 15.6. The molecule has 1 aliphatic heterocycles. The normalized spacial score (nSPS) is 18.3. The first-order valence-electron chi connectivity index (χ1n) is 7.39. The second-order valence-electron chi connectivity index (χ2n) is 5.50. The summed E-state index contributed by atoms with van der Waals surface area (Å²) in [4.78, 5) is 26.3. The number of carbonyl (C=O) groups excluding carboxylic acids is 1. The van der Waals surface area contributed by atoms with Crippen LogP contribution >= 0.6 is 0 Å². The highest BCUT2D eigenvalue weighted by Gasteiger charge is 2.14. The van der Waals surface area contributed by atoms with E-state index in [4.69, 9.17) is 4.74 Å². The van der Waals surface area contributed by atoms with E-state index in [1.165, 1.54) is 0 Å². The van der Waals surface area contributed by atoms with Crippen molar-refractivity contribution in [3.05, 3.63) is 33.2 Å². The number of urea groups is 1. The van der Waals surface area contributed by atoms with Crippen molar-refractivity contribution in [1.82, 2.24) is 15.6 Å². The van der Waals surface area contributed by atoms with E-state index in [1.54, 1.807) is 0 Å². The van der Waals surface area contributed by atoms with Crippen LogP contribution in [-0.2, 0) is 11.3 Å². The van der Waals surface area contributed by atoms with Crippen molar-refractivity contribution in [1.29, 1.82) is 0 Å². The van der Waals surface area contributed by atoms with Gasteiger partial charge in [0.2, 0.25) is 0 Å². The third-order valence-corrected chi connectivity index (χ3v) is 3.68. The van der Waals surface area contributed by atoms with Crippen molar-refractivity contribution in [2.24, 2.45) is 0 Å². The fourth-order valence-electron chi connectivity index (χ4n) is 2.51. The van der Waals surface area contributed by atoms with Crippen LogP contribution in [0.4, 0.5) is 4.79 Å². The molecule has 0 aromatic carbocycles. The van der Waals surface area contributed by atoms with Gasteiger partial charge in [0.25, 0.3) is 5.56 Å². The number of pyridine rings is 1. The van der Waals surface area contributed by atoms with Crippen LogP contribution in [0.3, 0.4) is 0 Å². The number of aromatic nitrogens is 1. The highest BCUT2D eigenvalue weighted by atomic mass is 16.5. The van der Waals surface area contributed by atoms with Crippen LogP contribution in [0.2, 0.25) is 0 Å². The average molecular weight is 293 g/mol. The molecule has 1 atom stereocenters. The number of carbonyl (C=O) groups is 1. The lowest BCUT2D eigenvalue weighted by Crippen LogP contribution is -2.41. The zero-order valence-electron chi connectivity index (χ0n) is 12.6. The van der Waals surface area contributed by atoms with Gasteiger partial charge in [-0.1, -0.05) is 0 Å². The summed E-state index contributed by atoms with van der Waals surface area (Å²) < 4.78 is 5.55. The van der Waals surface area contributed by atoms with E-state index < -0.39 is 0 Å². The molecule has 21 heavy (non-hydrogen) atoms. The van der Waals surface area contributed by atoms with Crippen LogP contribution < -0.4 is 16.2 Å². The highest BCUT2D eigenvalue weighted by molar-refractivity contribution is 5.73. The minimum absolute atomic E-state index is 0.106. The van der Waals surface area contributed by atoms with E-state index in [2.05, 4.69) is 15.6 Å². The van der Waals surface area contributed by atoms with Gasteiger partial charge in [0.05, 0.1) is 12.6 Å². The average Bonchev–Trinajstić information content (AvgIpc) is 2.45. The Kier molecular flexibility index (Phi) is 5.38. The molecule has 0 spiro atoms. The largest absolute Gasteiger partial charge is 0.376 e. The quantitative estimate of drug-likeness (QED) is 0.784. The van der Waals surface area contributed by atoms with Gasteiger partial charge >= 0.3 is 6.03 Å². The molecule has 1 aromatic rings. The van der Waals surface area contributed by atoms with Crippen molar-refractivity contribution in [2.75, 3.05) is 13.2 Å². The summed E-state index contributed by atoms with van der Waals surface area (Å²) >= 11 is 0. The topological polar surface area (TPSA) is 83.2 Å². The number of rotatable bonds is 4. The third kappa shape index (κ3) is 4.60. The lowest BCUT2D eigenvalue weighted by molar-refractivity contribution is 0.0184. The molecule has 1 aliphatic rings. The summed E-state index contributed by atoms with van der Waals surface area (Å²) in [7, 11) is 0. The summed E-state index contributed by atoms with van der Waals surface area (Å²) in [5.41, 5.74) is 2.14. The molecule has 1 aromatic heterocycles. The van der Waals surface area contributed by atoms with E-state index in [0.29, 0.717) is 12.1 Å². The molecule has 0 radical (unpaired) electrons. The molecular weight excluding hydrogens is 270 g/mol. The number of H-pyrrole nitrogens is 1. The minimum Gasteiger partial charge on any atom is -0.376 e. The van der Waals surface area contributed by atoms with Gasteiger partial charge < -0.3 is 20.4 Å². The Balaban J connectivity index is 1.80. The smallest absolute Gasteiger partial charge is 0.315 e. The summed E-state index contributed by atoms with van der Waals surface area (Å²) in [6.45, 7) is 5.20. The standard InChI is InChI=1S/C15H23N3O3/c1-10-7-11(2)18-14(19)13(10)9-17-15(20)16-8-12-5-3-4-6-21-12/h7,12H,3-6,8-9H2,1-2H3,(H,18,19)(H2,16,17,20). The monoisotopic (exact) mass is 293 g/mol. The Morgan fingerprint density at radius 1 is 1.38 bits per heavy atom. The Labute approximate surface area is 124 Å². The van der Waals surface area contributed by atoms with E-state index in [0.717, 1.165) is 37.1 Å². The fourth-order valence-corrected chi connectivity index (χ4v) is 2.51. The molecular formula is C15H23N3O3. The van der Waals surface area contributed by atoms with Crippen molar-refractivity contribution < 1.29 is 9.53 Å². The molecule has 2 rings (SSSR count). The third-order valence-electron chi connectivity index (χ3n) is 3.68. The Hall–Kier alpha value is -1.82. The Morgan fingerprint density at radius 3 is 2.86 bits per heavy atom. The first-order valence-corrected chi connectivity index (χ1v) is 7.39. The number of nitrogens with one attached hydrogen (secondary N) is 3. The summed E-state index contributed by atoms with van der Waals surface area (Å²) in [6.07, 6.45) is 3.33. The maximum atomic E-state index is 11.8. The van der Waals surface area contributed by atoms with Crippen LogP contribution in [0.25, 0.3) is 0 Å². The number of aryl methyl sites for hydroxylation is 2. The SMILES string of the molecule is Cc1cc(C)c(CNC(=O)NCC2CCCCO2)c(=O)[nH]1. The van der Waals surface area contributed by atoms with Crippen molar-refractivity contribution >= 4 is 6.03 Å². The molecule has 2 amide bonds. The minimum atomic E-state index is -0.274. The summed E-state index contributed by atoms with van der Waals surface area (Å²) in [6, 6.07) is 1.62. The molecule has 6 nitrogen and oxygen atoms in total. The molecule has 0 bridgehead atoms. The lowest BCUT2D eigenvalue weighted by Gasteiger charge is -2.22. The van der Waals surface area contributed by atoms with Crippen LogP contribution in [0, 0.1) is 13.8 Å². The van der Waals surface area contributed by atoms with Gasteiger partial charge in [-0.15, -0.1) is 0 Å². The van der Waals surface area contributed by atoms with E-state index in [-0.39, 0.29) is 24.2 Å². The molecule has 3 N–H and O–H groups in total. The van der Waals surface area contributed by atoms with Crippen molar-refractivity contribution in [3.8, 4) is 0 Å². The number of hydrogen-bond donors (Lipinski definition) is 3. The maximum absolute atomic E-state index is 11.8. The summed E-state index contributed by atoms with van der Waals surface area (Å²) in [5, 5.41) is 5.50. The number of amides is 2. The fraction of sp³-hybridized carbons (Fsp3) is 0.600. The van der Waals surface area contributed by atoms with E-state index in [1.807, 2.05) is 19.9 Å². The highest BCUT2D eigenvalue weighted by Crippen LogP contribution is 2.11. The van der Waals surface area contributed by atoms with Gasteiger partial charge in [0.1, 0.15) is 0 Å². The Bertz CT molecular complexity index is 548. The molecule has 6 heteroatoms. The molecule has 1 fully saturated rings. The van der Waals surface area contributed by atoms with Gasteiger partial charge in [-0.3, -0.25) is 4.79 Å². The van der Waals surface area contributed by atoms with Crippen molar-refractivity contribution in [2.45, 2.75) is 45.8 Å². The van der Waals surface area contributed by atoms with Gasteiger partial charge in [0, 0.05) is 24.4 Å². The predicted octanol–water partition coefficient (Wildman–Crippen LogP) is 1.36. The number of ether oxygens (including phenoxy) is 1. The van der Waals surface area contributed by atoms with Crippen LogP contribution in [0.1, 0.15) is 36.1 Å². The molecule has 0 saturated carbocycles. The van der Waals surface area contributed by atoms with Crippen LogP contribution in [0.5, 0.6) is 0 Å². The zero-order chi connectivity index (χ0) is 15.2. The summed E-state index contributed by atoms with van der Waals surface area (Å²) in [5.74, 6) is 0. The zero-order valence-corrected chi connectivity index (χ0v) is 12.6. The Morgan fingerprint density at radius 2 is 2.19 bits per heavy atom. The second kappa shape index (κ2) is 7.26.